The standard InChI is InChI=1S/C9H8FN3O/c10-7-3-1-2-4-8(7)13-9(14)12-6-5-11/h1-4H,6H2,(H2,12,13,14). The number of hydrogen-bond acceptors (Lipinski definition) is 2. The van der Waals surface area contributed by atoms with Crippen LogP contribution in [0.2, 0.25) is 0 Å². The van der Waals surface area contributed by atoms with Crippen molar-refractivity contribution in [3.8, 4) is 6.07 Å². The molecule has 0 aliphatic carbocycles. The van der Waals surface area contributed by atoms with Crippen molar-refractivity contribution >= 4 is 11.7 Å². The number of nitrogens with one attached hydrogen (secondary N) is 2. The molecule has 0 aromatic heterocycles. The number of amides is 2. The van der Waals surface area contributed by atoms with Crippen molar-refractivity contribution in [3.05, 3.63) is 30.1 Å². The molecular formula is C9H8FN3O. The van der Waals surface area contributed by atoms with Crippen LogP contribution >= 0.6 is 0 Å². The van der Waals surface area contributed by atoms with Crippen LogP contribution in [0.1, 0.15) is 0 Å². The Morgan fingerprint density at radius 1 is 1.50 bits per heavy atom. The maximum Gasteiger partial charge on any atom is 0.320 e. The van der Waals surface area contributed by atoms with Crippen molar-refractivity contribution in [2.75, 3.05) is 11.9 Å². The number of carbonyl (C=O) groups excluding carboxylic acids is 1. The monoisotopic (exact) mass is 193 g/mol. The second-order valence-electron chi connectivity index (χ2n) is 2.45. The smallest absolute Gasteiger partial charge is 0.320 e. The molecule has 0 aliphatic heterocycles. The molecule has 1 aromatic rings. The third kappa shape index (κ3) is 2.75. The van der Waals surface area contributed by atoms with E-state index in [2.05, 4.69) is 10.6 Å². The van der Waals surface area contributed by atoms with Crippen LogP contribution in [0.5, 0.6) is 0 Å². The second-order valence-corrected chi connectivity index (χ2v) is 2.45. The summed E-state index contributed by atoms with van der Waals surface area (Å²) in [6.07, 6.45) is 0. The number of urea groups is 1. The molecule has 0 spiro atoms. The van der Waals surface area contributed by atoms with Crippen molar-refractivity contribution in [3.63, 3.8) is 0 Å². The van der Waals surface area contributed by atoms with Gasteiger partial charge in [-0.2, -0.15) is 5.26 Å². The second kappa shape index (κ2) is 4.82. The first-order chi connectivity index (χ1) is 6.74. The molecule has 0 unspecified atom stereocenters. The summed E-state index contributed by atoms with van der Waals surface area (Å²) in [5.74, 6) is -0.514. The molecule has 0 atom stereocenters. The summed E-state index contributed by atoms with van der Waals surface area (Å²) in [7, 11) is 0. The first-order valence-electron chi connectivity index (χ1n) is 3.90. The molecule has 0 saturated carbocycles. The van der Waals surface area contributed by atoms with Crippen LogP contribution in [-0.2, 0) is 0 Å². The fourth-order valence-electron chi connectivity index (χ4n) is 0.849. The molecule has 0 bridgehead atoms. The number of halogens is 1. The molecule has 0 fully saturated rings. The molecule has 0 heterocycles. The Balaban J connectivity index is 2.57. The maximum absolute atomic E-state index is 13.0. The zero-order chi connectivity index (χ0) is 10.4. The topological polar surface area (TPSA) is 64.9 Å². The molecule has 2 N–H and O–H groups in total. The van der Waals surface area contributed by atoms with E-state index in [1.165, 1.54) is 18.2 Å². The minimum absolute atomic E-state index is 0.0861. The van der Waals surface area contributed by atoms with Gasteiger partial charge in [0.05, 0.1) is 11.8 Å². The van der Waals surface area contributed by atoms with Crippen LogP contribution < -0.4 is 10.6 Å². The third-order valence-corrected chi connectivity index (χ3v) is 1.45. The predicted molar refractivity (Wildman–Crippen MR) is 49.0 cm³/mol. The summed E-state index contributed by atoms with van der Waals surface area (Å²) in [5, 5.41) is 12.7. The average molecular weight is 193 g/mol. The Morgan fingerprint density at radius 2 is 2.21 bits per heavy atom. The van der Waals surface area contributed by atoms with Gasteiger partial charge < -0.3 is 10.6 Å². The summed E-state index contributed by atoms with van der Waals surface area (Å²) in [6, 6.07) is 6.92. The number of para-hydroxylation sites is 1. The van der Waals surface area contributed by atoms with Gasteiger partial charge in [0.2, 0.25) is 0 Å². The number of benzene rings is 1. The molecule has 2 amide bonds. The van der Waals surface area contributed by atoms with Crippen molar-refractivity contribution in [2.45, 2.75) is 0 Å². The van der Waals surface area contributed by atoms with Crippen LogP contribution in [0, 0.1) is 17.1 Å². The first kappa shape index (κ1) is 9.99. The Labute approximate surface area is 80.3 Å². The quantitative estimate of drug-likeness (QED) is 0.698. The highest BCUT2D eigenvalue weighted by atomic mass is 19.1. The Bertz CT molecular complexity index is 373. The van der Waals surface area contributed by atoms with E-state index in [1.807, 2.05) is 0 Å². The highest BCUT2D eigenvalue weighted by Crippen LogP contribution is 2.11. The Morgan fingerprint density at radius 3 is 2.86 bits per heavy atom. The molecule has 0 saturated heterocycles. The number of anilines is 1. The lowest BCUT2D eigenvalue weighted by Crippen LogP contribution is -2.29. The molecule has 0 radical (unpaired) electrons. The molecule has 1 rings (SSSR count). The van der Waals surface area contributed by atoms with Gasteiger partial charge >= 0.3 is 6.03 Å². The molecule has 14 heavy (non-hydrogen) atoms. The van der Waals surface area contributed by atoms with Gasteiger partial charge in [0.1, 0.15) is 12.4 Å². The zero-order valence-corrected chi connectivity index (χ0v) is 7.25. The van der Waals surface area contributed by atoms with Gasteiger partial charge in [-0.15, -0.1) is 0 Å². The van der Waals surface area contributed by atoms with Gasteiger partial charge in [0.25, 0.3) is 0 Å². The van der Waals surface area contributed by atoms with Crippen LogP contribution in [-0.4, -0.2) is 12.6 Å². The average Bonchev–Trinajstić information content (AvgIpc) is 2.18. The lowest BCUT2D eigenvalue weighted by molar-refractivity contribution is 0.253. The molecule has 5 heteroatoms. The van der Waals surface area contributed by atoms with E-state index in [4.69, 9.17) is 5.26 Å². The molecular weight excluding hydrogens is 185 g/mol. The van der Waals surface area contributed by atoms with Crippen LogP contribution in [0.25, 0.3) is 0 Å². The molecule has 1 aromatic carbocycles. The number of rotatable bonds is 2. The SMILES string of the molecule is N#CCNC(=O)Nc1ccccc1F. The lowest BCUT2D eigenvalue weighted by atomic mass is 10.3. The van der Waals surface area contributed by atoms with E-state index in [-0.39, 0.29) is 12.2 Å². The van der Waals surface area contributed by atoms with Crippen LogP contribution in [0.15, 0.2) is 24.3 Å². The lowest BCUT2D eigenvalue weighted by Gasteiger charge is -2.05. The highest BCUT2D eigenvalue weighted by Gasteiger charge is 2.03. The highest BCUT2D eigenvalue weighted by molar-refractivity contribution is 5.89. The first-order valence-corrected chi connectivity index (χ1v) is 3.90. The summed E-state index contributed by atoms with van der Waals surface area (Å²) in [4.78, 5) is 11.0. The maximum atomic E-state index is 13.0. The van der Waals surface area contributed by atoms with Crippen molar-refractivity contribution in [1.82, 2.24) is 5.32 Å². The van der Waals surface area contributed by atoms with Crippen molar-refractivity contribution in [2.24, 2.45) is 0 Å². The van der Waals surface area contributed by atoms with Gasteiger partial charge in [0.15, 0.2) is 0 Å². The normalized spacial score (nSPS) is 8.86. The fraction of sp³-hybridized carbons (Fsp3) is 0.111. The summed E-state index contributed by atoms with van der Waals surface area (Å²) in [5.41, 5.74) is 0.0861. The zero-order valence-electron chi connectivity index (χ0n) is 7.25. The summed E-state index contributed by atoms with van der Waals surface area (Å²) in [6.45, 7) is -0.111. The van der Waals surface area contributed by atoms with E-state index < -0.39 is 11.8 Å². The number of nitrogens with zero attached hydrogens (tertiary/aromatic N) is 1. The van der Waals surface area contributed by atoms with Gasteiger partial charge in [-0.05, 0) is 12.1 Å². The Hall–Kier alpha value is -2.09. The summed E-state index contributed by atoms with van der Waals surface area (Å²) >= 11 is 0. The molecule has 0 aliphatic rings. The number of carbonyl (C=O) groups is 1. The third-order valence-electron chi connectivity index (χ3n) is 1.45. The minimum Gasteiger partial charge on any atom is -0.325 e. The Kier molecular flexibility index (Phi) is 3.44. The van der Waals surface area contributed by atoms with E-state index >= 15 is 0 Å². The van der Waals surface area contributed by atoms with Gasteiger partial charge in [-0.25, -0.2) is 9.18 Å². The van der Waals surface area contributed by atoms with E-state index in [0.29, 0.717) is 0 Å². The van der Waals surface area contributed by atoms with E-state index in [9.17, 15) is 9.18 Å². The van der Waals surface area contributed by atoms with Gasteiger partial charge in [0, 0.05) is 0 Å². The van der Waals surface area contributed by atoms with Gasteiger partial charge in [-0.3, -0.25) is 0 Å². The largest absolute Gasteiger partial charge is 0.325 e. The van der Waals surface area contributed by atoms with Crippen LogP contribution in [0.3, 0.4) is 0 Å². The number of hydrogen-bond donors (Lipinski definition) is 2. The fourth-order valence-corrected chi connectivity index (χ4v) is 0.849. The summed E-state index contributed by atoms with van der Waals surface area (Å²) < 4.78 is 13.0. The van der Waals surface area contributed by atoms with Crippen molar-refractivity contribution in [1.29, 1.82) is 5.26 Å². The minimum atomic E-state index is -0.600. The predicted octanol–water partition coefficient (Wildman–Crippen LogP) is 1.47. The van der Waals surface area contributed by atoms with E-state index in [1.54, 1.807) is 12.1 Å². The van der Waals surface area contributed by atoms with E-state index in [0.717, 1.165) is 0 Å². The molecule has 72 valence electrons. The number of nitriles is 1. The van der Waals surface area contributed by atoms with Crippen molar-refractivity contribution < 1.29 is 9.18 Å². The van der Waals surface area contributed by atoms with Crippen LogP contribution in [0.4, 0.5) is 14.9 Å². The van der Waals surface area contributed by atoms with Gasteiger partial charge in [-0.1, -0.05) is 12.1 Å². The molecule has 4 nitrogen and oxygen atoms in total.